The Labute approximate surface area is 257 Å². The molecule has 0 saturated heterocycles. The van der Waals surface area contributed by atoms with E-state index in [4.69, 9.17) is 14.3 Å². The molecule has 3 aromatic carbocycles. The molecule has 4 aromatic heterocycles. The average molecular weight is 602 g/mol. The van der Waals surface area contributed by atoms with Crippen molar-refractivity contribution in [2.75, 3.05) is 6.61 Å². The van der Waals surface area contributed by atoms with Crippen molar-refractivity contribution in [1.82, 2.24) is 24.4 Å². The summed E-state index contributed by atoms with van der Waals surface area (Å²) in [5.41, 5.74) is 4.92. The Bertz CT molecular complexity index is 2180. The number of unbranched alkanes of at least 4 members (excludes halogenated alkanes) is 3. The van der Waals surface area contributed by atoms with Gasteiger partial charge < -0.3 is 9.15 Å². The van der Waals surface area contributed by atoms with Crippen LogP contribution in [0.3, 0.4) is 0 Å². The van der Waals surface area contributed by atoms with Crippen molar-refractivity contribution in [3.63, 3.8) is 0 Å². The molecule has 0 fully saturated rings. The van der Waals surface area contributed by atoms with Gasteiger partial charge in [0.15, 0.2) is 5.76 Å². The second-order valence-electron chi connectivity index (χ2n) is 10.7. The third-order valence-corrected chi connectivity index (χ3v) is 8.63. The predicted molar refractivity (Wildman–Crippen MR) is 175 cm³/mol. The molecule has 0 aliphatic carbocycles. The molecule has 0 spiro atoms. The fraction of sp³-hybridized carbons (Fsp3) is 0.200. The van der Waals surface area contributed by atoms with E-state index < -0.39 is 0 Å². The highest BCUT2D eigenvalue weighted by Gasteiger charge is 2.19. The van der Waals surface area contributed by atoms with Gasteiger partial charge in [-0.2, -0.15) is 14.6 Å². The summed E-state index contributed by atoms with van der Waals surface area (Å²) < 4.78 is 15.7. The highest BCUT2D eigenvalue weighted by Crippen LogP contribution is 2.31. The molecule has 8 nitrogen and oxygen atoms in total. The van der Waals surface area contributed by atoms with Gasteiger partial charge in [0.25, 0.3) is 5.56 Å². The first-order valence-electron chi connectivity index (χ1n) is 14.9. The van der Waals surface area contributed by atoms with Crippen molar-refractivity contribution in [2.45, 2.75) is 39.5 Å². The van der Waals surface area contributed by atoms with Gasteiger partial charge >= 0.3 is 0 Å². The number of aromatic nitrogens is 5. The molecule has 220 valence electrons. The van der Waals surface area contributed by atoms with E-state index in [1.54, 1.807) is 0 Å². The number of benzene rings is 3. The van der Waals surface area contributed by atoms with Gasteiger partial charge in [-0.25, -0.2) is 4.68 Å². The lowest BCUT2D eigenvalue weighted by atomic mass is 10.1. The fourth-order valence-corrected chi connectivity index (χ4v) is 6.22. The lowest BCUT2D eigenvalue weighted by Gasteiger charge is -2.07. The molecule has 0 unspecified atom stereocenters. The highest BCUT2D eigenvalue weighted by atomic mass is 32.1. The Morgan fingerprint density at radius 2 is 1.73 bits per heavy atom. The molecule has 9 heteroatoms. The molecule has 0 atom stereocenters. The number of rotatable bonds is 10. The zero-order chi connectivity index (χ0) is 30.0. The summed E-state index contributed by atoms with van der Waals surface area (Å²) in [6.45, 7) is 4.89. The van der Waals surface area contributed by atoms with E-state index in [-0.39, 0.29) is 5.56 Å². The van der Waals surface area contributed by atoms with Gasteiger partial charge in [0, 0.05) is 28.3 Å². The monoisotopic (exact) mass is 601 g/mol. The van der Waals surface area contributed by atoms with Gasteiger partial charge in [0.1, 0.15) is 17.0 Å². The van der Waals surface area contributed by atoms with Gasteiger partial charge in [0.2, 0.25) is 10.8 Å². The number of para-hydroxylation sites is 2. The maximum atomic E-state index is 13.5. The van der Waals surface area contributed by atoms with Crippen molar-refractivity contribution in [3.8, 4) is 34.3 Å². The van der Waals surface area contributed by atoms with E-state index in [2.05, 4.69) is 17.0 Å². The lowest BCUT2D eigenvalue weighted by Crippen LogP contribution is -2.23. The Morgan fingerprint density at radius 1 is 0.932 bits per heavy atom. The molecule has 7 aromatic rings. The van der Waals surface area contributed by atoms with E-state index in [0.717, 1.165) is 51.2 Å². The van der Waals surface area contributed by atoms with Gasteiger partial charge in [-0.1, -0.05) is 73.9 Å². The quantitative estimate of drug-likeness (QED) is 0.154. The molecule has 0 saturated carbocycles. The Kier molecular flexibility index (Phi) is 7.54. The zero-order valence-electron chi connectivity index (χ0n) is 24.6. The van der Waals surface area contributed by atoms with Crippen LogP contribution in [0.2, 0.25) is 0 Å². The van der Waals surface area contributed by atoms with Crippen LogP contribution in [0.15, 0.2) is 94.3 Å². The number of nitrogens with zero attached hydrogens (tertiary/aromatic N) is 5. The van der Waals surface area contributed by atoms with Crippen LogP contribution in [-0.4, -0.2) is 31.0 Å². The molecule has 0 radical (unpaired) electrons. The number of aryl methyl sites for hydroxylation is 1. The molecular formula is C35H31N5O3S. The van der Waals surface area contributed by atoms with Crippen molar-refractivity contribution < 1.29 is 9.15 Å². The summed E-state index contributed by atoms with van der Waals surface area (Å²) in [6, 6.07) is 25.7. The molecular weight excluding hydrogens is 570 g/mol. The second kappa shape index (κ2) is 11.9. The first-order valence-corrected chi connectivity index (χ1v) is 15.7. The molecule has 7 rings (SSSR count). The molecule has 0 aliphatic rings. The van der Waals surface area contributed by atoms with Crippen LogP contribution in [0, 0.1) is 6.92 Å². The maximum absolute atomic E-state index is 13.5. The summed E-state index contributed by atoms with van der Waals surface area (Å²) in [5.74, 6) is 1.81. The Morgan fingerprint density at radius 3 is 2.50 bits per heavy atom. The number of hydrogen-bond acceptors (Lipinski definition) is 7. The molecule has 0 amide bonds. The third-order valence-electron chi connectivity index (χ3n) is 7.67. The van der Waals surface area contributed by atoms with Crippen molar-refractivity contribution >= 4 is 33.3 Å². The van der Waals surface area contributed by atoms with Crippen LogP contribution in [0.5, 0.6) is 5.75 Å². The average Bonchev–Trinajstić information content (AvgIpc) is 3.82. The first kappa shape index (κ1) is 27.8. The van der Waals surface area contributed by atoms with E-state index in [9.17, 15) is 4.79 Å². The molecule has 0 N–H and O–H groups in total. The first-order chi connectivity index (χ1) is 21.6. The smallest absolute Gasteiger partial charge is 0.291 e. The summed E-state index contributed by atoms with van der Waals surface area (Å²) >= 11 is 1.30. The minimum atomic E-state index is -0.234. The Hall–Kier alpha value is -5.02. The van der Waals surface area contributed by atoms with Crippen molar-refractivity contribution in [3.05, 3.63) is 111 Å². The molecule has 44 heavy (non-hydrogen) atoms. The number of hydrogen-bond donors (Lipinski definition) is 0. The van der Waals surface area contributed by atoms with Gasteiger partial charge in [0.05, 0.1) is 16.8 Å². The van der Waals surface area contributed by atoms with E-state index >= 15 is 0 Å². The lowest BCUT2D eigenvalue weighted by molar-refractivity contribution is 0.305. The third kappa shape index (κ3) is 5.31. The summed E-state index contributed by atoms with van der Waals surface area (Å²) in [7, 11) is 0. The SMILES string of the molecule is CCCCCCOc1ccc(-c2nn(-c3ccccc3)cc2/C=c2\sc3nc(-c4oc5ccccc5c4C)nn3c2=O)cc1. The van der Waals surface area contributed by atoms with Crippen LogP contribution in [-0.2, 0) is 0 Å². The number of fused-ring (bicyclic) bond motifs is 2. The topological polar surface area (TPSA) is 87.4 Å². The van der Waals surface area contributed by atoms with Crippen LogP contribution < -0.4 is 14.8 Å². The van der Waals surface area contributed by atoms with Gasteiger partial charge in [-0.15, -0.1) is 5.10 Å². The second-order valence-corrected chi connectivity index (χ2v) is 11.8. The molecule has 4 heterocycles. The highest BCUT2D eigenvalue weighted by molar-refractivity contribution is 7.15. The van der Waals surface area contributed by atoms with Crippen LogP contribution >= 0.6 is 11.3 Å². The molecule has 0 aliphatic heterocycles. The zero-order valence-corrected chi connectivity index (χ0v) is 25.4. The molecule has 0 bridgehead atoms. The largest absolute Gasteiger partial charge is 0.494 e. The standard InChI is InChI=1S/C35H31N5O3S/c1-3-4-5-11-20-42-27-18-16-24(17-19-27)31-25(22-39(37-31)26-12-7-6-8-13-26)21-30-34(41)40-35(44-30)36-33(38-40)32-23(2)28-14-9-10-15-29(28)43-32/h6-10,12-19,21-22H,3-5,11,20H2,1-2H3/b30-21-. The summed E-state index contributed by atoms with van der Waals surface area (Å²) in [6.07, 6.45) is 8.47. The van der Waals surface area contributed by atoms with Crippen molar-refractivity contribution in [2.24, 2.45) is 0 Å². The minimum Gasteiger partial charge on any atom is -0.494 e. The number of thiazole rings is 1. The van der Waals surface area contributed by atoms with Crippen molar-refractivity contribution in [1.29, 1.82) is 0 Å². The van der Waals surface area contributed by atoms with Gasteiger partial charge in [-0.3, -0.25) is 4.79 Å². The van der Waals surface area contributed by atoms with Crippen LogP contribution in [0.1, 0.15) is 43.7 Å². The minimum absolute atomic E-state index is 0.234. The number of furan rings is 1. The van der Waals surface area contributed by atoms with Crippen LogP contribution in [0.4, 0.5) is 0 Å². The van der Waals surface area contributed by atoms with E-state index in [1.165, 1.54) is 35.1 Å². The van der Waals surface area contributed by atoms with Crippen LogP contribution in [0.25, 0.3) is 50.5 Å². The summed E-state index contributed by atoms with van der Waals surface area (Å²) in [5, 5.41) is 10.5. The fourth-order valence-electron chi connectivity index (χ4n) is 5.32. The predicted octanol–water partition coefficient (Wildman–Crippen LogP) is 7.23. The van der Waals surface area contributed by atoms with E-state index in [0.29, 0.717) is 27.7 Å². The maximum Gasteiger partial charge on any atom is 0.291 e. The normalized spacial score (nSPS) is 12.1. The van der Waals surface area contributed by atoms with E-state index in [1.807, 2.05) is 103 Å². The number of ether oxygens (including phenoxy) is 1. The van der Waals surface area contributed by atoms with Gasteiger partial charge in [-0.05, 0) is 61.9 Å². The Balaban J connectivity index is 1.24. The summed E-state index contributed by atoms with van der Waals surface area (Å²) in [4.78, 5) is 18.7.